The van der Waals surface area contributed by atoms with Gasteiger partial charge in [-0.05, 0) is 0 Å². The predicted octanol–water partition coefficient (Wildman–Crippen LogP) is -8.28. The van der Waals surface area contributed by atoms with Crippen molar-refractivity contribution in [1.29, 1.82) is 0 Å². The van der Waals surface area contributed by atoms with Crippen molar-refractivity contribution >= 4 is 0 Å². The molecule has 2 aliphatic heterocycles. The third-order valence-electron chi connectivity index (χ3n) is 4.07. The molecule has 0 spiro atoms. The van der Waals surface area contributed by atoms with Crippen molar-refractivity contribution in [3.8, 4) is 0 Å². The summed E-state index contributed by atoms with van der Waals surface area (Å²) >= 11 is 0. The Morgan fingerprint density at radius 3 is 1.88 bits per heavy atom. The Morgan fingerprint density at radius 2 is 1.42 bits per heavy atom. The Balaban J connectivity index is 0.00000288. The molecule has 0 saturated carbocycles. The summed E-state index contributed by atoms with van der Waals surface area (Å²) in [5.41, 5.74) is 0. The molecule has 0 aromatic carbocycles. The van der Waals surface area contributed by atoms with Crippen molar-refractivity contribution in [3.63, 3.8) is 0 Å². The minimum atomic E-state index is -2.22. The first kappa shape index (κ1) is 22.6. The summed E-state index contributed by atoms with van der Waals surface area (Å²) in [6.45, 7) is -2.32. The molecule has 0 unspecified atom stereocenters. The molecule has 2 rings (SSSR count). The molecule has 2 aliphatic rings. The van der Waals surface area contributed by atoms with Gasteiger partial charge in [0.25, 0.3) is 0 Å². The molecule has 138 valence electrons. The summed E-state index contributed by atoms with van der Waals surface area (Å²) in [5.74, 6) is -2.22. The predicted molar refractivity (Wildman–Crippen MR) is 69.8 cm³/mol. The number of aliphatic hydroxyl groups excluding tert-OH is 8. The molecule has 24 heavy (non-hydrogen) atoms. The summed E-state index contributed by atoms with van der Waals surface area (Å²) in [6, 6.07) is 0. The second-order valence-electron chi connectivity index (χ2n) is 5.56. The van der Waals surface area contributed by atoms with E-state index >= 15 is 0 Å². The zero-order chi connectivity index (χ0) is 17.4. The second kappa shape index (κ2) is 8.97. The van der Waals surface area contributed by atoms with Crippen molar-refractivity contribution in [3.05, 3.63) is 0 Å². The van der Waals surface area contributed by atoms with E-state index < -0.39 is 74.6 Å². The van der Waals surface area contributed by atoms with Gasteiger partial charge >= 0.3 is 29.6 Å². The summed E-state index contributed by atoms with van der Waals surface area (Å²) in [6.07, 6.45) is -12.7. The maximum absolute atomic E-state index is 10.00. The zero-order valence-electron chi connectivity index (χ0n) is 14.0. The van der Waals surface area contributed by atoms with E-state index in [0.29, 0.717) is 0 Å². The average Bonchev–Trinajstić information content (AvgIpc) is 2.80. The Kier molecular flexibility index (Phi) is 8.45. The quantitative estimate of drug-likeness (QED) is 0.216. The van der Waals surface area contributed by atoms with Crippen molar-refractivity contribution in [2.75, 3.05) is 19.8 Å². The Labute approximate surface area is 160 Å². The minimum Gasteiger partial charge on any atom is -1.00 e. The van der Waals surface area contributed by atoms with E-state index in [9.17, 15) is 30.6 Å². The van der Waals surface area contributed by atoms with Gasteiger partial charge in [-0.1, -0.05) is 0 Å². The smallest absolute Gasteiger partial charge is 1.00 e. The van der Waals surface area contributed by atoms with E-state index in [2.05, 4.69) is 0 Å². The molecule has 0 aromatic heterocycles. The van der Waals surface area contributed by atoms with Gasteiger partial charge in [-0.15, -0.1) is 0 Å². The molecule has 9 atom stereocenters. The van der Waals surface area contributed by atoms with Gasteiger partial charge in [0.05, 0.1) is 13.2 Å². The van der Waals surface area contributed by atoms with E-state index in [-0.39, 0.29) is 31.0 Å². The van der Waals surface area contributed by atoms with E-state index in [1.54, 1.807) is 0 Å². The van der Waals surface area contributed by atoms with Crippen LogP contribution < -0.4 is 29.6 Å². The topological polar surface area (TPSA) is 190 Å². The van der Waals surface area contributed by atoms with Crippen molar-refractivity contribution in [1.82, 2.24) is 0 Å². The maximum atomic E-state index is 10.00. The Bertz CT molecular complexity index is 405. The number of rotatable bonds is 5. The van der Waals surface area contributed by atoms with Gasteiger partial charge in [0.15, 0.2) is 6.29 Å². The first-order valence-electron chi connectivity index (χ1n) is 7.05. The van der Waals surface area contributed by atoms with Crippen LogP contribution in [0.4, 0.5) is 0 Å². The van der Waals surface area contributed by atoms with Crippen molar-refractivity contribution in [2.24, 2.45) is 0 Å². The van der Waals surface area contributed by atoms with Gasteiger partial charge in [0.1, 0.15) is 49.3 Å². The molecule has 11 nitrogen and oxygen atoms in total. The fourth-order valence-corrected chi connectivity index (χ4v) is 2.63. The van der Waals surface area contributed by atoms with Crippen LogP contribution in [0.2, 0.25) is 0 Å². The van der Waals surface area contributed by atoms with E-state index in [0.717, 1.165) is 0 Å². The van der Waals surface area contributed by atoms with E-state index in [4.69, 9.17) is 24.4 Å². The third kappa shape index (κ3) is 3.94. The molecule has 0 aromatic rings. The first-order chi connectivity index (χ1) is 10.8. The maximum Gasteiger partial charge on any atom is 1.00 e. The molecular formula is C12H23NaO11. The molecule has 2 fully saturated rings. The molecule has 0 bridgehead atoms. The SMILES string of the molecule is OC[C@H]1O[C@@](CO)(O[C@H]2O[C@H](CO)[C@@H](O)[C@H](O)[C@H]2O)[C@@H](O)[C@@H]1O.[H-].[Na+]. The fraction of sp³-hybridized carbons (Fsp3) is 1.00. The van der Waals surface area contributed by atoms with Gasteiger partial charge in [0.2, 0.25) is 5.79 Å². The van der Waals surface area contributed by atoms with Crippen molar-refractivity contribution in [2.45, 2.75) is 54.8 Å². The Hall–Kier alpha value is 0.560. The van der Waals surface area contributed by atoms with Gasteiger partial charge in [-0.25, -0.2) is 0 Å². The standard InChI is InChI=1S/C12H22O11.Na.H/c13-1-4-6(16)8(18)9(19)11(21-4)23-12(3-15)10(20)7(17)5(2-14)22-12;;/h4-11,13-20H,1-3H2;;/q;+1;-1/t4-,5-,6-,7-,8+,9-,10+,11-,12+;;/m1../s1. The van der Waals surface area contributed by atoms with Crippen LogP contribution in [0.3, 0.4) is 0 Å². The van der Waals surface area contributed by atoms with Crippen LogP contribution in [0.15, 0.2) is 0 Å². The molecule has 8 N–H and O–H groups in total. The summed E-state index contributed by atoms with van der Waals surface area (Å²) in [7, 11) is 0. The summed E-state index contributed by atoms with van der Waals surface area (Å²) < 4.78 is 15.4. The number of aliphatic hydroxyl groups is 8. The largest absolute Gasteiger partial charge is 1.00 e. The summed E-state index contributed by atoms with van der Waals surface area (Å²) in [5, 5.41) is 76.7. The van der Waals surface area contributed by atoms with Crippen LogP contribution in [0.5, 0.6) is 0 Å². The van der Waals surface area contributed by atoms with Crippen molar-refractivity contribution < 1.29 is 86.0 Å². The third-order valence-corrected chi connectivity index (χ3v) is 4.07. The monoisotopic (exact) mass is 366 g/mol. The molecule has 0 amide bonds. The summed E-state index contributed by atoms with van der Waals surface area (Å²) in [4.78, 5) is 0. The van der Waals surface area contributed by atoms with Crippen LogP contribution in [0.1, 0.15) is 1.43 Å². The van der Waals surface area contributed by atoms with Crippen LogP contribution in [-0.4, -0.2) is 115 Å². The molecule has 2 heterocycles. The van der Waals surface area contributed by atoms with E-state index in [1.165, 1.54) is 0 Å². The van der Waals surface area contributed by atoms with Crippen LogP contribution in [0, 0.1) is 0 Å². The molecule has 0 aliphatic carbocycles. The first-order valence-corrected chi connectivity index (χ1v) is 7.05. The average molecular weight is 366 g/mol. The molecule has 12 heteroatoms. The van der Waals surface area contributed by atoms with Crippen LogP contribution in [0.25, 0.3) is 0 Å². The van der Waals surface area contributed by atoms with Crippen LogP contribution >= 0.6 is 0 Å². The molecule has 0 radical (unpaired) electrons. The van der Waals surface area contributed by atoms with Gasteiger partial charge in [-0.2, -0.15) is 0 Å². The molecular weight excluding hydrogens is 343 g/mol. The van der Waals surface area contributed by atoms with Gasteiger partial charge in [0, 0.05) is 0 Å². The zero-order valence-corrected chi connectivity index (χ0v) is 15.0. The minimum absolute atomic E-state index is 0. The Morgan fingerprint density at radius 1 is 0.833 bits per heavy atom. The second-order valence-corrected chi connectivity index (χ2v) is 5.56. The molecule has 2 saturated heterocycles. The van der Waals surface area contributed by atoms with Gasteiger partial charge < -0.3 is 56.5 Å². The van der Waals surface area contributed by atoms with E-state index in [1.807, 2.05) is 0 Å². The van der Waals surface area contributed by atoms with Gasteiger partial charge in [-0.3, -0.25) is 0 Å². The normalized spacial score (nSPS) is 49.0. The fourth-order valence-electron chi connectivity index (χ4n) is 2.63. The number of hydrogen-bond acceptors (Lipinski definition) is 11. The number of hydrogen-bond donors (Lipinski definition) is 8. The van der Waals surface area contributed by atoms with Crippen LogP contribution in [-0.2, 0) is 14.2 Å². The number of ether oxygens (including phenoxy) is 3.